The molecule has 0 aromatic heterocycles. The number of methoxy groups -OCH3 is 1. The molecule has 0 bridgehead atoms. The molecule has 0 spiro atoms. The van der Waals surface area contributed by atoms with Gasteiger partial charge >= 0.3 is 0 Å². The Kier molecular flexibility index (Phi) is 7.13. The van der Waals surface area contributed by atoms with Crippen LogP contribution in [0.25, 0.3) is 0 Å². The molecule has 7 heteroatoms. The van der Waals surface area contributed by atoms with E-state index in [0.717, 1.165) is 5.69 Å². The van der Waals surface area contributed by atoms with Crippen molar-refractivity contribution in [2.75, 3.05) is 12.4 Å². The van der Waals surface area contributed by atoms with E-state index >= 15 is 0 Å². The van der Waals surface area contributed by atoms with Crippen LogP contribution in [0.3, 0.4) is 0 Å². The molecule has 0 fully saturated rings. The number of thiocarbonyl (C=S) groups is 1. The van der Waals surface area contributed by atoms with Gasteiger partial charge in [0.05, 0.1) is 13.3 Å². The van der Waals surface area contributed by atoms with Crippen molar-refractivity contribution in [2.45, 2.75) is 6.61 Å². The summed E-state index contributed by atoms with van der Waals surface area (Å²) in [4.78, 5) is 0. The van der Waals surface area contributed by atoms with E-state index in [2.05, 4.69) is 15.8 Å². The second-order valence-corrected chi connectivity index (χ2v) is 6.36. The smallest absolute Gasteiger partial charge is 0.191 e. The summed E-state index contributed by atoms with van der Waals surface area (Å²) in [5.74, 6) is 0.664. The number of benzene rings is 3. The fourth-order valence-corrected chi connectivity index (χ4v) is 2.73. The van der Waals surface area contributed by atoms with Gasteiger partial charge < -0.3 is 14.8 Å². The zero-order valence-corrected chi connectivity index (χ0v) is 16.6. The number of hydrogen-bond acceptors (Lipinski definition) is 4. The van der Waals surface area contributed by atoms with Crippen molar-refractivity contribution >= 4 is 29.2 Å². The highest BCUT2D eigenvalue weighted by Crippen LogP contribution is 2.31. The molecule has 0 saturated heterocycles. The summed E-state index contributed by atoms with van der Waals surface area (Å²) in [5.41, 5.74) is 4.73. The lowest BCUT2D eigenvalue weighted by Gasteiger charge is -2.13. The molecule has 3 aromatic rings. The highest BCUT2D eigenvalue weighted by molar-refractivity contribution is 7.80. The number of rotatable bonds is 7. The number of halogens is 1. The molecule has 0 saturated carbocycles. The van der Waals surface area contributed by atoms with E-state index in [1.807, 2.05) is 42.5 Å². The Labute approximate surface area is 174 Å². The molecule has 0 aliphatic heterocycles. The molecule has 5 nitrogen and oxygen atoms in total. The van der Waals surface area contributed by atoms with Crippen molar-refractivity contribution < 1.29 is 13.9 Å². The van der Waals surface area contributed by atoms with Gasteiger partial charge in [-0.05, 0) is 42.5 Å². The molecule has 0 radical (unpaired) electrons. The summed E-state index contributed by atoms with van der Waals surface area (Å²) in [6, 6.07) is 21.4. The normalized spacial score (nSPS) is 10.6. The lowest BCUT2D eigenvalue weighted by atomic mass is 10.2. The van der Waals surface area contributed by atoms with Crippen molar-refractivity contribution in [1.29, 1.82) is 0 Å². The molecule has 148 valence electrons. The van der Waals surface area contributed by atoms with Crippen LogP contribution >= 0.6 is 12.2 Å². The standard InChI is InChI=1S/C22H20FN3O2S/c1-27-20-13-7-9-16(21(20)28-15-17-8-5-6-12-19(17)23)14-24-26-22(29)25-18-10-3-2-4-11-18/h2-14H,15H2,1H3,(H2,25,26,29). The second kappa shape index (κ2) is 10.2. The Morgan fingerprint density at radius 1 is 1.03 bits per heavy atom. The number of ether oxygens (including phenoxy) is 2. The highest BCUT2D eigenvalue weighted by atomic mass is 32.1. The third-order valence-corrected chi connectivity index (χ3v) is 4.15. The predicted molar refractivity (Wildman–Crippen MR) is 117 cm³/mol. The lowest BCUT2D eigenvalue weighted by molar-refractivity contribution is 0.279. The third-order valence-electron chi connectivity index (χ3n) is 3.96. The summed E-state index contributed by atoms with van der Waals surface area (Å²) in [7, 11) is 1.55. The van der Waals surface area contributed by atoms with Gasteiger partial charge in [-0.1, -0.05) is 42.5 Å². The molecular formula is C22H20FN3O2S. The van der Waals surface area contributed by atoms with E-state index in [1.165, 1.54) is 6.07 Å². The van der Waals surface area contributed by atoms with E-state index in [9.17, 15) is 4.39 Å². The van der Waals surface area contributed by atoms with Crippen molar-refractivity contribution in [3.8, 4) is 11.5 Å². The number of nitrogens with one attached hydrogen (secondary N) is 2. The van der Waals surface area contributed by atoms with E-state index in [4.69, 9.17) is 21.7 Å². The summed E-state index contributed by atoms with van der Waals surface area (Å²) in [6.07, 6.45) is 1.57. The number of hydrogen-bond donors (Lipinski definition) is 2. The van der Waals surface area contributed by atoms with Crippen LogP contribution in [0.1, 0.15) is 11.1 Å². The van der Waals surface area contributed by atoms with Gasteiger partial charge in [0.1, 0.15) is 12.4 Å². The lowest BCUT2D eigenvalue weighted by Crippen LogP contribution is -2.23. The van der Waals surface area contributed by atoms with Gasteiger partial charge in [-0.3, -0.25) is 5.43 Å². The largest absolute Gasteiger partial charge is 0.493 e. The first-order chi connectivity index (χ1) is 14.2. The number of para-hydroxylation sites is 2. The molecule has 3 aromatic carbocycles. The van der Waals surface area contributed by atoms with Gasteiger partial charge in [0.2, 0.25) is 0 Å². The highest BCUT2D eigenvalue weighted by Gasteiger charge is 2.11. The van der Waals surface area contributed by atoms with Crippen LogP contribution in [-0.2, 0) is 6.61 Å². The van der Waals surface area contributed by atoms with Crippen molar-refractivity contribution in [1.82, 2.24) is 5.43 Å². The second-order valence-electron chi connectivity index (χ2n) is 5.95. The molecule has 0 heterocycles. The van der Waals surface area contributed by atoms with Gasteiger partial charge in [0, 0.05) is 16.8 Å². The SMILES string of the molecule is COc1cccc(C=NNC(=S)Nc2ccccc2)c1OCc1ccccc1F. The van der Waals surface area contributed by atoms with Crippen molar-refractivity contribution in [3.63, 3.8) is 0 Å². The topological polar surface area (TPSA) is 54.9 Å². The summed E-state index contributed by atoms with van der Waals surface area (Å²) in [6.45, 7) is 0.0648. The predicted octanol–water partition coefficient (Wildman–Crippen LogP) is 4.73. The maximum Gasteiger partial charge on any atom is 0.191 e. The van der Waals surface area contributed by atoms with Crippen LogP contribution in [0.4, 0.5) is 10.1 Å². The maximum atomic E-state index is 13.9. The molecular weight excluding hydrogens is 389 g/mol. The van der Waals surface area contributed by atoms with Crippen LogP contribution in [-0.4, -0.2) is 18.4 Å². The molecule has 29 heavy (non-hydrogen) atoms. The van der Waals surface area contributed by atoms with Crippen LogP contribution in [0.15, 0.2) is 77.9 Å². The summed E-state index contributed by atoms with van der Waals surface area (Å²) >= 11 is 5.23. The molecule has 0 unspecified atom stereocenters. The Morgan fingerprint density at radius 3 is 2.55 bits per heavy atom. The number of hydrazone groups is 1. The first-order valence-corrected chi connectivity index (χ1v) is 9.26. The van der Waals surface area contributed by atoms with Crippen LogP contribution in [0, 0.1) is 5.82 Å². The van der Waals surface area contributed by atoms with Gasteiger partial charge in [-0.2, -0.15) is 5.10 Å². The van der Waals surface area contributed by atoms with Crippen LogP contribution in [0.5, 0.6) is 11.5 Å². The van der Waals surface area contributed by atoms with E-state index < -0.39 is 0 Å². The van der Waals surface area contributed by atoms with Crippen molar-refractivity contribution in [3.05, 3.63) is 89.7 Å². The quantitative estimate of drug-likeness (QED) is 0.336. The van der Waals surface area contributed by atoms with Gasteiger partial charge in [-0.15, -0.1) is 0 Å². The molecule has 3 rings (SSSR count). The van der Waals surface area contributed by atoms with Gasteiger partial charge in [0.25, 0.3) is 0 Å². The molecule has 0 amide bonds. The minimum absolute atomic E-state index is 0.0648. The summed E-state index contributed by atoms with van der Waals surface area (Å²) in [5, 5.41) is 7.54. The van der Waals surface area contributed by atoms with Crippen molar-refractivity contribution in [2.24, 2.45) is 5.10 Å². The first-order valence-electron chi connectivity index (χ1n) is 8.85. The fraction of sp³-hybridized carbons (Fsp3) is 0.0909. The Bertz CT molecular complexity index is 996. The van der Waals surface area contributed by atoms with Crippen LogP contribution < -0.4 is 20.2 Å². The van der Waals surface area contributed by atoms with Gasteiger partial charge in [0.15, 0.2) is 16.6 Å². The number of anilines is 1. The van der Waals surface area contributed by atoms with E-state index in [0.29, 0.717) is 27.7 Å². The Hall–Kier alpha value is -3.45. The molecule has 0 aliphatic carbocycles. The third kappa shape index (κ3) is 5.76. The Balaban J connectivity index is 1.69. The first kappa shape index (κ1) is 20.3. The van der Waals surface area contributed by atoms with E-state index in [1.54, 1.807) is 37.6 Å². The minimum atomic E-state index is -0.323. The summed E-state index contributed by atoms with van der Waals surface area (Å²) < 4.78 is 25.1. The zero-order chi connectivity index (χ0) is 20.5. The maximum absolute atomic E-state index is 13.9. The minimum Gasteiger partial charge on any atom is -0.493 e. The molecule has 0 atom stereocenters. The monoisotopic (exact) mass is 409 g/mol. The van der Waals surface area contributed by atoms with Gasteiger partial charge in [-0.25, -0.2) is 4.39 Å². The van der Waals surface area contributed by atoms with E-state index in [-0.39, 0.29) is 12.4 Å². The number of nitrogens with zero attached hydrogens (tertiary/aromatic N) is 1. The average Bonchev–Trinajstić information content (AvgIpc) is 2.74. The average molecular weight is 409 g/mol. The molecule has 0 aliphatic rings. The Morgan fingerprint density at radius 2 is 1.79 bits per heavy atom. The zero-order valence-electron chi connectivity index (χ0n) is 15.8. The fourth-order valence-electron chi connectivity index (χ4n) is 2.56. The molecule has 2 N–H and O–H groups in total. The van der Waals surface area contributed by atoms with Crippen LogP contribution in [0.2, 0.25) is 0 Å².